The quantitative estimate of drug-likeness (QED) is 0.914. The summed E-state index contributed by atoms with van der Waals surface area (Å²) < 4.78 is 12.4. The summed E-state index contributed by atoms with van der Waals surface area (Å²) in [5.74, 6) is 1.69. The number of hydrogen-bond donors (Lipinski definition) is 1. The monoisotopic (exact) mass is 331 g/mol. The lowest BCUT2D eigenvalue weighted by atomic mass is 10.1. The number of carbonyl (C=O) groups is 1. The van der Waals surface area contributed by atoms with Gasteiger partial charge in [0.2, 0.25) is 0 Å². The van der Waals surface area contributed by atoms with Gasteiger partial charge in [0.25, 0.3) is 0 Å². The van der Waals surface area contributed by atoms with Crippen molar-refractivity contribution in [3.63, 3.8) is 0 Å². The normalized spacial score (nSPS) is 11.2. The van der Waals surface area contributed by atoms with Gasteiger partial charge in [0, 0.05) is 31.8 Å². The van der Waals surface area contributed by atoms with Gasteiger partial charge in [0.1, 0.15) is 17.2 Å². The van der Waals surface area contributed by atoms with Crippen LogP contribution in [0.2, 0.25) is 0 Å². The number of carbonyl (C=O) groups excluding carboxylic acids is 1. The molecule has 0 atom stereocenters. The third-order valence-corrected chi connectivity index (χ3v) is 3.35. The van der Waals surface area contributed by atoms with E-state index in [1.54, 1.807) is 7.11 Å². The Bertz CT molecular complexity index is 702. The van der Waals surface area contributed by atoms with Gasteiger partial charge in [-0.3, -0.25) is 0 Å². The SMILES string of the molecule is COc1cccc(-c2cn(C)c(CCNC(=O)OC(C)(C)C)n2)c1. The van der Waals surface area contributed by atoms with Gasteiger partial charge in [0.05, 0.1) is 12.8 Å². The zero-order valence-corrected chi connectivity index (χ0v) is 14.9. The predicted molar refractivity (Wildman–Crippen MR) is 93.1 cm³/mol. The molecule has 0 fully saturated rings. The average Bonchev–Trinajstić information content (AvgIpc) is 2.87. The van der Waals surface area contributed by atoms with Crippen molar-refractivity contribution >= 4 is 6.09 Å². The number of hydrogen-bond acceptors (Lipinski definition) is 4. The second kappa shape index (κ2) is 7.38. The molecule has 6 nitrogen and oxygen atoms in total. The molecule has 1 aromatic carbocycles. The fraction of sp³-hybridized carbons (Fsp3) is 0.444. The van der Waals surface area contributed by atoms with Gasteiger partial charge >= 0.3 is 6.09 Å². The Hall–Kier alpha value is -2.50. The van der Waals surface area contributed by atoms with E-state index in [-0.39, 0.29) is 0 Å². The van der Waals surface area contributed by atoms with Crippen LogP contribution in [0.1, 0.15) is 26.6 Å². The van der Waals surface area contributed by atoms with E-state index in [0.29, 0.717) is 13.0 Å². The van der Waals surface area contributed by atoms with E-state index in [0.717, 1.165) is 22.8 Å². The van der Waals surface area contributed by atoms with Crippen molar-refractivity contribution in [3.05, 3.63) is 36.3 Å². The summed E-state index contributed by atoms with van der Waals surface area (Å²) in [5.41, 5.74) is 1.38. The highest BCUT2D eigenvalue weighted by Crippen LogP contribution is 2.23. The smallest absolute Gasteiger partial charge is 0.407 e. The van der Waals surface area contributed by atoms with Crippen molar-refractivity contribution in [2.75, 3.05) is 13.7 Å². The molecule has 0 saturated heterocycles. The van der Waals surface area contributed by atoms with Gasteiger partial charge in [-0.15, -0.1) is 0 Å². The summed E-state index contributed by atoms with van der Waals surface area (Å²) in [7, 11) is 3.59. The minimum absolute atomic E-state index is 0.412. The fourth-order valence-electron chi connectivity index (χ4n) is 2.25. The summed E-state index contributed by atoms with van der Waals surface area (Å²) in [5, 5.41) is 2.75. The maximum absolute atomic E-state index is 11.7. The molecule has 0 radical (unpaired) electrons. The first-order valence-corrected chi connectivity index (χ1v) is 7.92. The number of amides is 1. The highest BCUT2D eigenvalue weighted by Gasteiger charge is 2.16. The first-order chi connectivity index (χ1) is 11.3. The maximum Gasteiger partial charge on any atom is 0.407 e. The van der Waals surface area contributed by atoms with Crippen LogP contribution >= 0.6 is 0 Å². The number of aromatic nitrogens is 2. The highest BCUT2D eigenvalue weighted by molar-refractivity contribution is 5.67. The highest BCUT2D eigenvalue weighted by atomic mass is 16.6. The second-order valence-corrected chi connectivity index (χ2v) is 6.56. The number of ether oxygens (including phenoxy) is 2. The molecule has 0 unspecified atom stereocenters. The lowest BCUT2D eigenvalue weighted by Crippen LogP contribution is -2.33. The van der Waals surface area contributed by atoms with E-state index in [4.69, 9.17) is 9.47 Å². The standard InChI is InChI=1S/C18H25N3O3/c1-18(2,3)24-17(22)19-10-9-16-20-15(12-21(16)4)13-7-6-8-14(11-13)23-5/h6-8,11-12H,9-10H2,1-5H3,(H,19,22). The number of imidazole rings is 1. The van der Waals surface area contributed by atoms with Crippen LogP contribution in [0.3, 0.4) is 0 Å². The molecule has 1 aromatic heterocycles. The maximum atomic E-state index is 11.7. The Labute approximate surface area is 142 Å². The van der Waals surface area contributed by atoms with Crippen molar-refractivity contribution in [1.82, 2.24) is 14.9 Å². The van der Waals surface area contributed by atoms with Gasteiger partial charge in [-0.25, -0.2) is 9.78 Å². The number of nitrogens with zero attached hydrogens (tertiary/aromatic N) is 2. The molecule has 130 valence electrons. The lowest BCUT2D eigenvalue weighted by molar-refractivity contribution is 0.0528. The van der Waals surface area contributed by atoms with Crippen LogP contribution in [0.15, 0.2) is 30.5 Å². The minimum atomic E-state index is -0.493. The molecular formula is C18H25N3O3. The van der Waals surface area contributed by atoms with Crippen molar-refractivity contribution in [1.29, 1.82) is 0 Å². The van der Waals surface area contributed by atoms with E-state index in [9.17, 15) is 4.79 Å². The zero-order valence-electron chi connectivity index (χ0n) is 14.9. The molecule has 2 rings (SSSR count). The first-order valence-electron chi connectivity index (χ1n) is 7.92. The topological polar surface area (TPSA) is 65.4 Å². The summed E-state index contributed by atoms with van der Waals surface area (Å²) in [4.78, 5) is 16.3. The summed E-state index contributed by atoms with van der Waals surface area (Å²) in [6.45, 7) is 5.99. The lowest BCUT2D eigenvalue weighted by Gasteiger charge is -2.19. The van der Waals surface area contributed by atoms with Crippen LogP contribution in [-0.4, -0.2) is 34.9 Å². The Balaban J connectivity index is 1.98. The second-order valence-electron chi connectivity index (χ2n) is 6.56. The Morgan fingerprint density at radius 1 is 1.33 bits per heavy atom. The predicted octanol–water partition coefficient (Wildman–Crippen LogP) is 3.16. The summed E-state index contributed by atoms with van der Waals surface area (Å²) in [6, 6.07) is 7.78. The minimum Gasteiger partial charge on any atom is -0.497 e. The van der Waals surface area contributed by atoms with Gasteiger partial charge in [0.15, 0.2) is 0 Å². The van der Waals surface area contributed by atoms with Gasteiger partial charge in [-0.2, -0.15) is 0 Å². The van der Waals surface area contributed by atoms with Gasteiger partial charge < -0.3 is 19.4 Å². The summed E-state index contributed by atoms with van der Waals surface area (Å²) in [6.07, 6.45) is 2.18. The Kier molecular flexibility index (Phi) is 5.49. The number of methoxy groups -OCH3 is 1. The molecule has 1 N–H and O–H groups in total. The Morgan fingerprint density at radius 3 is 2.75 bits per heavy atom. The van der Waals surface area contributed by atoms with Crippen LogP contribution in [0.4, 0.5) is 4.79 Å². The van der Waals surface area contributed by atoms with Crippen molar-refractivity contribution < 1.29 is 14.3 Å². The number of benzene rings is 1. The third-order valence-electron chi connectivity index (χ3n) is 3.35. The molecule has 2 aromatic rings. The van der Waals surface area contributed by atoms with E-state index in [2.05, 4.69) is 10.3 Å². The molecule has 0 saturated carbocycles. The van der Waals surface area contributed by atoms with E-state index < -0.39 is 11.7 Å². The molecule has 0 aliphatic heterocycles. The van der Waals surface area contributed by atoms with Crippen molar-refractivity contribution in [3.8, 4) is 17.0 Å². The number of alkyl carbamates (subject to hydrolysis) is 1. The molecule has 0 spiro atoms. The van der Waals surface area contributed by atoms with E-state index >= 15 is 0 Å². The van der Waals surface area contributed by atoms with Crippen LogP contribution in [0, 0.1) is 0 Å². The Morgan fingerprint density at radius 2 is 2.08 bits per heavy atom. The van der Waals surface area contributed by atoms with Crippen LogP contribution in [-0.2, 0) is 18.2 Å². The number of rotatable bonds is 5. The molecule has 6 heteroatoms. The molecule has 0 aliphatic carbocycles. The van der Waals surface area contributed by atoms with Crippen molar-refractivity contribution in [2.24, 2.45) is 7.05 Å². The van der Waals surface area contributed by atoms with Gasteiger partial charge in [-0.1, -0.05) is 12.1 Å². The van der Waals surface area contributed by atoms with Gasteiger partial charge in [-0.05, 0) is 32.9 Å². The first kappa shape index (κ1) is 17.8. The molecule has 24 heavy (non-hydrogen) atoms. The molecule has 1 amide bonds. The molecule has 0 bridgehead atoms. The summed E-state index contributed by atoms with van der Waals surface area (Å²) >= 11 is 0. The molecular weight excluding hydrogens is 306 g/mol. The van der Waals surface area contributed by atoms with Crippen molar-refractivity contribution in [2.45, 2.75) is 32.8 Å². The molecule has 1 heterocycles. The van der Waals surface area contributed by atoms with E-state index in [1.165, 1.54) is 0 Å². The number of nitrogens with one attached hydrogen (secondary N) is 1. The fourth-order valence-corrected chi connectivity index (χ4v) is 2.25. The largest absolute Gasteiger partial charge is 0.497 e. The van der Waals surface area contributed by atoms with E-state index in [1.807, 2.05) is 62.8 Å². The zero-order chi connectivity index (χ0) is 17.7. The van der Waals surface area contributed by atoms with Crippen LogP contribution < -0.4 is 10.1 Å². The molecule has 0 aliphatic rings. The third kappa shape index (κ3) is 5.01. The number of aryl methyl sites for hydroxylation is 1. The average molecular weight is 331 g/mol. The van der Waals surface area contributed by atoms with Crippen LogP contribution in [0.25, 0.3) is 11.3 Å². The van der Waals surface area contributed by atoms with Crippen LogP contribution in [0.5, 0.6) is 5.75 Å².